The fourth-order valence-corrected chi connectivity index (χ4v) is 3.46. The first-order valence-corrected chi connectivity index (χ1v) is 8.94. The van der Waals surface area contributed by atoms with Gasteiger partial charge >= 0.3 is 0 Å². The van der Waals surface area contributed by atoms with Crippen molar-refractivity contribution in [3.63, 3.8) is 0 Å². The van der Waals surface area contributed by atoms with Gasteiger partial charge in [-0.05, 0) is 37.5 Å². The Morgan fingerprint density at radius 3 is 2.67 bits per heavy atom. The number of nitrogens with zero attached hydrogens (tertiary/aromatic N) is 3. The Morgan fingerprint density at radius 2 is 2.04 bits per heavy atom. The summed E-state index contributed by atoms with van der Waals surface area (Å²) in [6.45, 7) is 4.96. The Kier molecular flexibility index (Phi) is 7.59. The SMILES string of the molecule is CN(C)C(=O)CN=C(NCC1CCOC1)N1CCC(C2CC2)C1.I. The van der Waals surface area contributed by atoms with Gasteiger partial charge in [0.1, 0.15) is 6.54 Å². The predicted octanol–water partition coefficient (Wildman–Crippen LogP) is 1.41. The molecule has 1 amide bonds. The first-order chi connectivity index (χ1) is 11.1. The molecule has 3 rings (SSSR count). The molecular weight excluding hydrogens is 419 g/mol. The average molecular weight is 450 g/mol. The minimum Gasteiger partial charge on any atom is -0.381 e. The lowest BCUT2D eigenvalue weighted by molar-refractivity contribution is -0.127. The van der Waals surface area contributed by atoms with Gasteiger partial charge in [-0.25, -0.2) is 4.99 Å². The molecule has 3 aliphatic rings. The summed E-state index contributed by atoms with van der Waals surface area (Å²) in [5.74, 6) is 3.28. The standard InChI is InChI=1S/C17H30N4O2.HI/c1-20(2)16(22)10-19-17(18-9-13-6-8-23-12-13)21-7-5-15(11-21)14-3-4-14;/h13-15H,3-12H2,1-2H3,(H,18,19);1H. The lowest BCUT2D eigenvalue weighted by Crippen LogP contribution is -2.43. The third kappa shape index (κ3) is 5.47. The second-order valence-corrected chi connectivity index (χ2v) is 7.37. The number of guanidine groups is 1. The molecule has 0 bridgehead atoms. The number of hydrogen-bond acceptors (Lipinski definition) is 3. The van der Waals surface area contributed by atoms with Crippen molar-refractivity contribution in [1.82, 2.24) is 15.1 Å². The zero-order chi connectivity index (χ0) is 16.2. The molecule has 0 radical (unpaired) electrons. The largest absolute Gasteiger partial charge is 0.381 e. The molecular formula is C17H31IN4O2. The third-order valence-electron chi connectivity index (χ3n) is 5.25. The topological polar surface area (TPSA) is 57.2 Å². The first-order valence-electron chi connectivity index (χ1n) is 8.94. The minimum absolute atomic E-state index is 0. The molecule has 6 nitrogen and oxygen atoms in total. The molecule has 1 aliphatic carbocycles. The molecule has 2 saturated heterocycles. The minimum atomic E-state index is 0. The molecule has 2 aliphatic heterocycles. The van der Waals surface area contributed by atoms with Crippen LogP contribution in [0.15, 0.2) is 4.99 Å². The monoisotopic (exact) mass is 450 g/mol. The van der Waals surface area contributed by atoms with E-state index < -0.39 is 0 Å². The highest BCUT2D eigenvalue weighted by molar-refractivity contribution is 14.0. The summed E-state index contributed by atoms with van der Waals surface area (Å²) in [7, 11) is 3.56. The van der Waals surface area contributed by atoms with Crippen LogP contribution < -0.4 is 5.32 Å². The number of rotatable bonds is 5. The maximum atomic E-state index is 11.9. The molecule has 1 saturated carbocycles. The van der Waals surface area contributed by atoms with E-state index in [0.717, 1.165) is 57.1 Å². The highest BCUT2D eigenvalue weighted by Crippen LogP contribution is 2.41. The Balaban J connectivity index is 0.00000208. The Hall–Kier alpha value is -0.570. The van der Waals surface area contributed by atoms with Gasteiger partial charge in [0.2, 0.25) is 5.91 Å². The Morgan fingerprint density at radius 1 is 1.25 bits per heavy atom. The zero-order valence-electron chi connectivity index (χ0n) is 14.9. The molecule has 138 valence electrons. The quantitative estimate of drug-likeness (QED) is 0.391. The van der Waals surface area contributed by atoms with E-state index in [1.165, 1.54) is 19.3 Å². The van der Waals surface area contributed by atoms with Crippen molar-refractivity contribution in [2.45, 2.75) is 25.7 Å². The number of halogens is 1. The van der Waals surface area contributed by atoms with Crippen LogP contribution in [0.3, 0.4) is 0 Å². The van der Waals surface area contributed by atoms with Gasteiger partial charge < -0.3 is 19.9 Å². The highest BCUT2D eigenvalue weighted by Gasteiger charge is 2.36. The van der Waals surface area contributed by atoms with Gasteiger partial charge in [-0.3, -0.25) is 4.79 Å². The van der Waals surface area contributed by atoms with E-state index in [0.29, 0.717) is 5.92 Å². The summed E-state index contributed by atoms with van der Waals surface area (Å²) in [6.07, 6.45) is 5.18. The van der Waals surface area contributed by atoms with Crippen molar-refractivity contribution < 1.29 is 9.53 Å². The van der Waals surface area contributed by atoms with Crippen LogP contribution in [-0.4, -0.2) is 75.2 Å². The summed E-state index contributed by atoms with van der Waals surface area (Å²) >= 11 is 0. The summed E-state index contributed by atoms with van der Waals surface area (Å²) < 4.78 is 5.45. The summed E-state index contributed by atoms with van der Waals surface area (Å²) in [6, 6.07) is 0. The normalized spacial score (nSPS) is 27.1. The van der Waals surface area contributed by atoms with Gasteiger partial charge in [-0.1, -0.05) is 0 Å². The summed E-state index contributed by atoms with van der Waals surface area (Å²) in [5.41, 5.74) is 0. The Labute approximate surface area is 162 Å². The number of nitrogens with one attached hydrogen (secondary N) is 1. The molecule has 24 heavy (non-hydrogen) atoms. The zero-order valence-corrected chi connectivity index (χ0v) is 17.2. The fourth-order valence-electron chi connectivity index (χ4n) is 3.46. The van der Waals surface area contributed by atoms with E-state index in [4.69, 9.17) is 4.74 Å². The highest BCUT2D eigenvalue weighted by atomic mass is 127. The number of aliphatic imine (C=N–C) groups is 1. The number of hydrogen-bond donors (Lipinski definition) is 1. The van der Waals surface area contributed by atoms with E-state index in [-0.39, 0.29) is 36.4 Å². The lowest BCUT2D eigenvalue weighted by Gasteiger charge is -2.23. The van der Waals surface area contributed by atoms with Gasteiger partial charge in [0, 0.05) is 46.3 Å². The van der Waals surface area contributed by atoms with Crippen LogP contribution in [0.5, 0.6) is 0 Å². The number of likely N-dealkylation sites (N-methyl/N-ethyl adjacent to an activating group) is 1. The predicted molar refractivity (Wildman–Crippen MR) is 106 cm³/mol. The van der Waals surface area contributed by atoms with Crippen LogP contribution in [-0.2, 0) is 9.53 Å². The molecule has 0 aromatic carbocycles. The van der Waals surface area contributed by atoms with E-state index in [9.17, 15) is 4.79 Å². The molecule has 2 atom stereocenters. The van der Waals surface area contributed by atoms with Gasteiger partial charge in [0.05, 0.1) is 6.61 Å². The summed E-state index contributed by atoms with van der Waals surface area (Å²) in [5, 5.41) is 3.50. The van der Waals surface area contributed by atoms with Gasteiger partial charge in [0.25, 0.3) is 0 Å². The molecule has 2 heterocycles. The van der Waals surface area contributed by atoms with E-state index in [1.54, 1.807) is 19.0 Å². The number of likely N-dealkylation sites (tertiary alicyclic amines) is 1. The molecule has 0 aromatic rings. The van der Waals surface area contributed by atoms with Crippen LogP contribution in [0.1, 0.15) is 25.7 Å². The molecule has 2 unspecified atom stereocenters. The van der Waals surface area contributed by atoms with Crippen molar-refractivity contribution in [1.29, 1.82) is 0 Å². The first kappa shape index (κ1) is 19.8. The maximum Gasteiger partial charge on any atom is 0.243 e. The molecule has 0 aromatic heterocycles. The summed E-state index contributed by atoms with van der Waals surface area (Å²) in [4.78, 5) is 20.4. The number of ether oxygens (including phenoxy) is 1. The van der Waals surface area contributed by atoms with Gasteiger partial charge in [0.15, 0.2) is 5.96 Å². The average Bonchev–Trinajstić information content (AvgIpc) is 3.05. The Bertz CT molecular complexity index is 448. The van der Waals surface area contributed by atoms with Crippen LogP contribution in [0.4, 0.5) is 0 Å². The van der Waals surface area contributed by atoms with Gasteiger partial charge in [-0.2, -0.15) is 0 Å². The van der Waals surface area contributed by atoms with Crippen LogP contribution in [0.25, 0.3) is 0 Å². The van der Waals surface area contributed by atoms with Crippen LogP contribution >= 0.6 is 24.0 Å². The third-order valence-corrected chi connectivity index (χ3v) is 5.25. The van der Waals surface area contributed by atoms with Gasteiger partial charge in [-0.15, -0.1) is 24.0 Å². The van der Waals surface area contributed by atoms with E-state index in [1.807, 2.05) is 0 Å². The van der Waals surface area contributed by atoms with Crippen molar-refractivity contribution in [3.8, 4) is 0 Å². The maximum absolute atomic E-state index is 11.9. The number of amides is 1. The van der Waals surface area contributed by atoms with Crippen molar-refractivity contribution in [2.75, 3.05) is 53.5 Å². The molecule has 1 N–H and O–H groups in total. The number of carbonyl (C=O) groups is 1. The molecule has 3 fully saturated rings. The van der Waals surface area contributed by atoms with Crippen LogP contribution in [0.2, 0.25) is 0 Å². The molecule has 7 heteroatoms. The second kappa shape index (κ2) is 9.22. The fraction of sp³-hybridized carbons (Fsp3) is 0.882. The second-order valence-electron chi connectivity index (χ2n) is 7.37. The van der Waals surface area contributed by atoms with Crippen molar-refractivity contribution in [3.05, 3.63) is 0 Å². The van der Waals surface area contributed by atoms with E-state index >= 15 is 0 Å². The van der Waals surface area contributed by atoms with Crippen LogP contribution in [0, 0.1) is 17.8 Å². The number of carbonyl (C=O) groups excluding carboxylic acids is 1. The van der Waals surface area contributed by atoms with E-state index in [2.05, 4.69) is 15.2 Å². The van der Waals surface area contributed by atoms with Crippen molar-refractivity contribution >= 4 is 35.8 Å². The van der Waals surface area contributed by atoms with Crippen molar-refractivity contribution in [2.24, 2.45) is 22.7 Å². The lowest BCUT2D eigenvalue weighted by atomic mass is 10.0. The smallest absolute Gasteiger partial charge is 0.243 e. The molecule has 0 spiro atoms.